The van der Waals surface area contributed by atoms with Gasteiger partial charge in [0.2, 0.25) is 5.91 Å². The highest BCUT2D eigenvalue weighted by molar-refractivity contribution is 5.86. The van der Waals surface area contributed by atoms with E-state index in [0.717, 1.165) is 0 Å². The molecule has 1 heterocycles. The second kappa shape index (κ2) is 5.97. The highest BCUT2D eigenvalue weighted by Gasteiger charge is 2.38. The molecule has 6 nitrogen and oxygen atoms in total. The number of nitrogens with one attached hydrogen (secondary N) is 1. The molecule has 0 aromatic carbocycles. The van der Waals surface area contributed by atoms with Gasteiger partial charge in [0, 0.05) is 19.6 Å². The smallest absolute Gasteiger partial charge is 0.303 e. The van der Waals surface area contributed by atoms with E-state index in [1.807, 2.05) is 6.92 Å². The lowest BCUT2D eigenvalue weighted by molar-refractivity contribution is -0.137. The van der Waals surface area contributed by atoms with Crippen molar-refractivity contribution in [3.8, 4) is 0 Å². The average Bonchev–Trinajstić information content (AvgIpc) is 2.71. The molecule has 2 unspecified atom stereocenters. The maximum atomic E-state index is 11.8. The van der Waals surface area contributed by atoms with E-state index in [-0.39, 0.29) is 24.9 Å². The van der Waals surface area contributed by atoms with Gasteiger partial charge in [-0.3, -0.25) is 9.59 Å². The summed E-state index contributed by atoms with van der Waals surface area (Å²) in [6.07, 6.45) is 1.19. The first-order chi connectivity index (χ1) is 7.94. The average molecular weight is 244 g/mol. The zero-order valence-corrected chi connectivity index (χ0v) is 10.1. The Bertz CT molecular complexity index is 287. The molecule has 0 saturated carbocycles. The number of hydrogen-bond acceptors (Lipinski definition) is 4. The van der Waals surface area contributed by atoms with Crippen molar-refractivity contribution in [2.75, 3.05) is 19.8 Å². The van der Waals surface area contributed by atoms with Crippen LogP contribution in [0.4, 0.5) is 0 Å². The van der Waals surface area contributed by atoms with E-state index in [9.17, 15) is 9.59 Å². The van der Waals surface area contributed by atoms with Gasteiger partial charge < -0.3 is 20.9 Å². The molecule has 0 aromatic rings. The Hall–Kier alpha value is -1.14. The normalized spacial score (nSPS) is 25.5. The van der Waals surface area contributed by atoms with E-state index in [1.54, 1.807) is 0 Å². The summed E-state index contributed by atoms with van der Waals surface area (Å²) < 4.78 is 5.10. The lowest BCUT2D eigenvalue weighted by atomic mass is 9.98. The van der Waals surface area contributed by atoms with Gasteiger partial charge in [-0.15, -0.1) is 0 Å². The summed E-state index contributed by atoms with van der Waals surface area (Å²) in [6, 6.07) is 0. The molecule has 17 heavy (non-hydrogen) atoms. The van der Waals surface area contributed by atoms with Gasteiger partial charge in [-0.25, -0.2) is 0 Å². The number of ether oxygens (including phenoxy) is 1. The van der Waals surface area contributed by atoms with Crippen molar-refractivity contribution in [3.05, 3.63) is 0 Å². The lowest BCUT2D eigenvalue weighted by Crippen LogP contribution is -2.55. The summed E-state index contributed by atoms with van der Waals surface area (Å²) in [5.74, 6) is -0.902. The largest absolute Gasteiger partial charge is 0.481 e. The third-order valence-corrected chi connectivity index (χ3v) is 2.97. The number of carbonyl (C=O) groups excluding carboxylic acids is 1. The van der Waals surface area contributed by atoms with Crippen molar-refractivity contribution in [3.63, 3.8) is 0 Å². The van der Waals surface area contributed by atoms with Crippen molar-refractivity contribution in [1.29, 1.82) is 0 Å². The fraction of sp³-hybridized carbons (Fsp3) is 0.818. The van der Waals surface area contributed by atoms with Crippen molar-refractivity contribution in [2.24, 2.45) is 11.7 Å². The van der Waals surface area contributed by atoms with Crippen molar-refractivity contribution >= 4 is 11.9 Å². The highest BCUT2D eigenvalue weighted by Crippen LogP contribution is 2.15. The minimum atomic E-state index is -0.910. The molecular weight excluding hydrogens is 224 g/mol. The molecule has 1 aliphatic heterocycles. The maximum absolute atomic E-state index is 11.8. The monoisotopic (exact) mass is 244 g/mol. The van der Waals surface area contributed by atoms with E-state index >= 15 is 0 Å². The zero-order chi connectivity index (χ0) is 12.9. The Balaban J connectivity index is 2.25. The summed E-state index contributed by atoms with van der Waals surface area (Å²) >= 11 is 0. The first-order valence-corrected chi connectivity index (χ1v) is 5.81. The zero-order valence-electron chi connectivity index (χ0n) is 10.1. The minimum absolute atomic E-state index is 0.119. The van der Waals surface area contributed by atoms with Crippen molar-refractivity contribution < 1.29 is 19.4 Å². The van der Waals surface area contributed by atoms with E-state index in [0.29, 0.717) is 26.0 Å². The molecule has 4 N–H and O–H groups in total. The van der Waals surface area contributed by atoms with Crippen LogP contribution in [0.5, 0.6) is 0 Å². The second-order valence-electron chi connectivity index (χ2n) is 4.71. The van der Waals surface area contributed by atoms with Crippen LogP contribution >= 0.6 is 0 Å². The topological polar surface area (TPSA) is 102 Å². The summed E-state index contributed by atoms with van der Waals surface area (Å²) in [7, 11) is 0. The summed E-state index contributed by atoms with van der Waals surface area (Å²) in [5, 5.41) is 11.3. The third-order valence-electron chi connectivity index (χ3n) is 2.97. The van der Waals surface area contributed by atoms with Gasteiger partial charge in [0.25, 0.3) is 0 Å². The SMILES string of the molecule is CC(CCC(=O)O)CNC(=O)C1(N)CCOC1. The van der Waals surface area contributed by atoms with Gasteiger partial charge in [-0.2, -0.15) is 0 Å². The van der Waals surface area contributed by atoms with Gasteiger partial charge in [0.15, 0.2) is 0 Å². The standard InChI is InChI=1S/C11H20N2O4/c1-8(2-3-9(14)15)6-13-10(16)11(12)4-5-17-7-11/h8H,2-7,12H2,1H3,(H,13,16)(H,14,15). The van der Waals surface area contributed by atoms with Gasteiger partial charge in [-0.1, -0.05) is 6.92 Å². The van der Waals surface area contributed by atoms with Gasteiger partial charge in [-0.05, 0) is 18.8 Å². The van der Waals surface area contributed by atoms with Crippen molar-refractivity contribution in [2.45, 2.75) is 31.7 Å². The number of nitrogens with two attached hydrogens (primary N) is 1. The second-order valence-corrected chi connectivity index (χ2v) is 4.71. The Morgan fingerprint density at radius 1 is 1.59 bits per heavy atom. The van der Waals surface area contributed by atoms with E-state index in [4.69, 9.17) is 15.6 Å². The Kier molecular flexibility index (Phi) is 4.89. The molecule has 0 aliphatic carbocycles. The molecule has 6 heteroatoms. The van der Waals surface area contributed by atoms with E-state index in [1.165, 1.54) is 0 Å². The summed E-state index contributed by atoms with van der Waals surface area (Å²) in [5.41, 5.74) is 4.97. The molecule has 1 fully saturated rings. The van der Waals surface area contributed by atoms with Crippen molar-refractivity contribution in [1.82, 2.24) is 5.32 Å². The van der Waals surface area contributed by atoms with Crippen LogP contribution in [0.1, 0.15) is 26.2 Å². The van der Waals surface area contributed by atoms with Crippen LogP contribution in [0.15, 0.2) is 0 Å². The summed E-state index contributed by atoms with van der Waals surface area (Å²) in [4.78, 5) is 22.2. The first kappa shape index (κ1) is 13.9. The fourth-order valence-electron chi connectivity index (χ4n) is 1.67. The number of carboxylic acids is 1. The fourth-order valence-corrected chi connectivity index (χ4v) is 1.67. The number of rotatable bonds is 6. The van der Waals surface area contributed by atoms with Crippen LogP contribution < -0.4 is 11.1 Å². The molecule has 98 valence electrons. The number of amides is 1. The molecule has 1 amide bonds. The van der Waals surface area contributed by atoms with Crippen LogP contribution in [0.25, 0.3) is 0 Å². The number of carbonyl (C=O) groups is 2. The van der Waals surface area contributed by atoms with Gasteiger partial charge >= 0.3 is 5.97 Å². The van der Waals surface area contributed by atoms with Gasteiger partial charge in [0.05, 0.1) is 6.61 Å². The van der Waals surface area contributed by atoms with Crippen LogP contribution in [-0.4, -0.2) is 42.3 Å². The Morgan fingerprint density at radius 2 is 2.29 bits per heavy atom. The molecule has 2 atom stereocenters. The number of aliphatic carboxylic acids is 1. The minimum Gasteiger partial charge on any atom is -0.481 e. The lowest BCUT2D eigenvalue weighted by Gasteiger charge is -2.22. The van der Waals surface area contributed by atoms with Crippen LogP contribution in [0.3, 0.4) is 0 Å². The van der Waals surface area contributed by atoms with Crippen LogP contribution in [0.2, 0.25) is 0 Å². The molecular formula is C11H20N2O4. The van der Waals surface area contributed by atoms with E-state index in [2.05, 4.69) is 5.32 Å². The predicted molar refractivity (Wildman–Crippen MR) is 61.4 cm³/mol. The first-order valence-electron chi connectivity index (χ1n) is 5.81. The number of carboxylic acid groups (broad SMARTS) is 1. The van der Waals surface area contributed by atoms with Crippen LogP contribution in [-0.2, 0) is 14.3 Å². The molecule has 0 bridgehead atoms. The Morgan fingerprint density at radius 3 is 2.82 bits per heavy atom. The molecule has 0 aromatic heterocycles. The highest BCUT2D eigenvalue weighted by atomic mass is 16.5. The molecule has 0 radical (unpaired) electrons. The molecule has 0 spiro atoms. The molecule has 1 saturated heterocycles. The molecule has 1 aliphatic rings. The molecule has 1 rings (SSSR count). The third kappa shape index (κ3) is 4.32. The number of hydrogen-bond donors (Lipinski definition) is 3. The van der Waals surface area contributed by atoms with Crippen LogP contribution in [0, 0.1) is 5.92 Å². The summed E-state index contributed by atoms with van der Waals surface area (Å²) in [6.45, 7) is 3.11. The quantitative estimate of drug-likeness (QED) is 0.596. The Labute approximate surface area is 101 Å². The maximum Gasteiger partial charge on any atom is 0.303 e. The van der Waals surface area contributed by atoms with E-state index < -0.39 is 11.5 Å². The predicted octanol–water partition coefficient (Wildman–Crippen LogP) is -0.279. The van der Waals surface area contributed by atoms with Gasteiger partial charge in [0.1, 0.15) is 5.54 Å².